The molecule has 0 bridgehead atoms. The summed E-state index contributed by atoms with van der Waals surface area (Å²) in [5, 5.41) is 3.18. The summed E-state index contributed by atoms with van der Waals surface area (Å²) in [6.45, 7) is 0. The molecule has 0 aliphatic heterocycles. The largest absolute Gasteiger partial charge is 0.416 e. The third-order valence-corrected chi connectivity index (χ3v) is 4.06. The van der Waals surface area contributed by atoms with Crippen molar-refractivity contribution in [3.63, 3.8) is 0 Å². The van der Waals surface area contributed by atoms with E-state index in [1.807, 2.05) is 0 Å². The Morgan fingerprint density at radius 1 is 1.00 bits per heavy atom. The van der Waals surface area contributed by atoms with Crippen LogP contribution in [0.25, 0.3) is 0 Å². The van der Waals surface area contributed by atoms with Crippen LogP contribution in [0.2, 0.25) is 0 Å². The lowest BCUT2D eigenvalue weighted by atomic mass is 9.90. The summed E-state index contributed by atoms with van der Waals surface area (Å²) in [6.07, 6.45) is 1.34. The fraction of sp³-hybridized carbons (Fsp3) is 0.375. The Labute approximate surface area is 126 Å². The number of hydrogen-bond acceptors (Lipinski definition) is 3. The SMILES string of the molecule is FC(F)(F)c1ccccc1C1CCCC1Nc1ncccn1. The van der Waals surface area contributed by atoms with Gasteiger partial charge >= 0.3 is 6.18 Å². The average Bonchev–Trinajstić information content (AvgIpc) is 2.95. The highest BCUT2D eigenvalue weighted by Gasteiger charge is 2.38. The van der Waals surface area contributed by atoms with Gasteiger partial charge in [-0.2, -0.15) is 13.2 Å². The molecule has 0 saturated heterocycles. The molecule has 0 amide bonds. The van der Waals surface area contributed by atoms with Crippen molar-refractivity contribution in [3.8, 4) is 0 Å². The molecule has 1 aliphatic carbocycles. The van der Waals surface area contributed by atoms with Gasteiger partial charge in [0.2, 0.25) is 5.95 Å². The normalized spacial score (nSPS) is 21.8. The molecule has 1 saturated carbocycles. The zero-order valence-electron chi connectivity index (χ0n) is 11.8. The van der Waals surface area contributed by atoms with Gasteiger partial charge in [-0.25, -0.2) is 9.97 Å². The van der Waals surface area contributed by atoms with Gasteiger partial charge in [0, 0.05) is 24.4 Å². The highest BCUT2D eigenvalue weighted by atomic mass is 19.4. The molecule has 1 heterocycles. The molecule has 0 radical (unpaired) electrons. The number of nitrogens with one attached hydrogen (secondary N) is 1. The van der Waals surface area contributed by atoms with Gasteiger partial charge in [-0.1, -0.05) is 24.6 Å². The van der Waals surface area contributed by atoms with Gasteiger partial charge in [0.1, 0.15) is 0 Å². The van der Waals surface area contributed by atoms with E-state index in [2.05, 4.69) is 15.3 Å². The summed E-state index contributed by atoms with van der Waals surface area (Å²) in [7, 11) is 0. The van der Waals surface area contributed by atoms with Crippen molar-refractivity contribution in [2.75, 3.05) is 5.32 Å². The maximum absolute atomic E-state index is 13.2. The van der Waals surface area contributed by atoms with Gasteiger partial charge in [-0.05, 0) is 30.5 Å². The van der Waals surface area contributed by atoms with Crippen LogP contribution >= 0.6 is 0 Å². The van der Waals surface area contributed by atoms with E-state index >= 15 is 0 Å². The lowest BCUT2D eigenvalue weighted by Gasteiger charge is -2.24. The molecular formula is C16H16F3N3. The predicted octanol–water partition coefficient (Wildman–Crippen LogP) is 4.24. The molecule has 2 aromatic rings. The van der Waals surface area contributed by atoms with E-state index in [9.17, 15) is 13.2 Å². The van der Waals surface area contributed by atoms with Gasteiger partial charge < -0.3 is 5.32 Å². The molecule has 1 aliphatic rings. The molecule has 6 heteroatoms. The quantitative estimate of drug-likeness (QED) is 0.921. The van der Waals surface area contributed by atoms with Gasteiger partial charge in [-0.3, -0.25) is 0 Å². The van der Waals surface area contributed by atoms with Crippen molar-refractivity contribution in [2.45, 2.75) is 37.4 Å². The van der Waals surface area contributed by atoms with Crippen molar-refractivity contribution < 1.29 is 13.2 Å². The molecule has 3 nitrogen and oxygen atoms in total. The molecule has 22 heavy (non-hydrogen) atoms. The Kier molecular flexibility index (Phi) is 4.00. The van der Waals surface area contributed by atoms with Crippen LogP contribution in [0.15, 0.2) is 42.7 Å². The first-order valence-corrected chi connectivity index (χ1v) is 7.25. The number of aromatic nitrogens is 2. The smallest absolute Gasteiger partial charge is 0.351 e. The lowest BCUT2D eigenvalue weighted by Crippen LogP contribution is -2.25. The number of rotatable bonds is 3. The van der Waals surface area contributed by atoms with Crippen molar-refractivity contribution in [2.24, 2.45) is 0 Å². The molecule has 3 rings (SSSR count). The fourth-order valence-corrected chi connectivity index (χ4v) is 3.12. The molecule has 1 aromatic heterocycles. The topological polar surface area (TPSA) is 37.8 Å². The van der Waals surface area contributed by atoms with Crippen LogP contribution in [-0.4, -0.2) is 16.0 Å². The van der Waals surface area contributed by atoms with Crippen LogP contribution in [0.4, 0.5) is 19.1 Å². The van der Waals surface area contributed by atoms with Crippen LogP contribution < -0.4 is 5.32 Å². The molecule has 2 unspecified atom stereocenters. The predicted molar refractivity (Wildman–Crippen MR) is 77.5 cm³/mol. The Morgan fingerprint density at radius 2 is 1.73 bits per heavy atom. The summed E-state index contributed by atoms with van der Waals surface area (Å²) in [5.74, 6) is 0.283. The van der Waals surface area contributed by atoms with Crippen LogP contribution in [0.3, 0.4) is 0 Å². The fourth-order valence-electron chi connectivity index (χ4n) is 3.12. The zero-order valence-corrected chi connectivity index (χ0v) is 11.8. The Bertz CT molecular complexity index is 628. The molecule has 2 atom stereocenters. The number of halogens is 3. The Hall–Kier alpha value is -2.11. The highest BCUT2D eigenvalue weighted by Crippen LogP contribution is 2.42. The van der Waals surface area contributed by atoms with E-state index in [4.69, 9.17) is 0 Å². The first-order valence-electron chi connectivity index (χ1n) is 7.25. The number of anilines is 1. The highest BCUT2D eigenvalue weighted by molar-refractivity contribution is 5.37. The van der Waals surface area contributed by atoms with Gasteiger partial charge in [0.15, 0.2) is 0 Å². The molecule has 1 aromatic carbocycles. The number of alkyl halides is 3. The number of hydrogen-bond donors (Lipinski definition) is 1. The van der Waals surface area contributed by atoms with E-state index < -0.39 is 11.7 Å². The summed E-state index contributed by atoms with van der Waals surface area (Å²) >= 11 is 0. The zero-order chi connectivity index (χ0) is 15.6. The summed E-state index contributed by atoms with van der Waals surface area (Å²) < 4.78 is 39.6. The van der Waals surface area contributed by atoms with E-state index in [1.54, 1.807) is 30.6 Å². The summed E-state index contributed by atoms with van der Waals surface area (Å²) in [4.78, 5) is 8.19. The van der Waals surface area contributed by atoms with E-state index in [0.29, 0.717) is 11.5 Å². The van der Waals surface area contributed by atoms with E-state index in [1.165, 1.54) is 6.07 Å². The number of nitrogens with zero attached hydrogens (tertiary/aromatic N) is 2. The minimum absolute atomic E-state index is 0.0779. The molecule has 116 valence electrons. The standard InChI is InChI=1S/C16H16F3N3/c17-16(18,19)13-7-2-1-5-11(13)12-6-3-8-14(12)22-15-20-9-4-10-21-15/h1-2,4-5,7,9-10,12,14H,3,6,8H2,(H,20,21,22). The van der Waals surface area contributed by atoms with Crippen LogP contribution in [0.1, 0.15) is 36.3 Å². The monoisotopic (exact) mass is 307 g/mol. The molecule has 1 N–H and O–H groups in total. The third kappa shape index (κ3) is 3.05. The van der Waals surface area contributed by atoms with Crippen LogP contribution in [-0.2, 0) is 6.18 Å². The third-order valence-electron chi connectivity index (χ3n) is 4.06. The van der Waals surface area contributed by atoms with Gasteiger partial charge in [-0.15, -0.1) is 0 Å². The average molecular weight is 307 g/mol. The second kappa shape index (κ2) is 5.94. The number of benzene rings is 1. The van der Waals surface area contributed by atoms with Gasteiger partial charge in [0.25, 0.3) is 0 Å². The maximum atomic E-state index is 13.2. The Morgan fingerprint density at radius 3 is 2.45 bits per heavy atom. The minimum atomic E-state index is -4.33. The van der Waals surface area contributed by atoms with Crippen molar-refractivity contribution in [3.05, 3.63) is 53.9 Å². The minimum Gasteiger partial charge on any atom is -0.351 e. The molecule has 0 spiro atoms. The first-order chi connectivity index (χ1) is 10.6. The lowest BCUT2D eigenvalue weighted by molar-refractivity contribution is -0.138. The second-order valence-electron chi connectivity index (χ2n) is 5.45. The second-order valence-corrected chi connectivity index (χ2v) is 5.45. The van der Waals surface area contributed by atoms with Gasteiger partial charge in [0.05, 0.1) is 5.56 Å². The summed E-state index contributed by atoms with van der Waals surface area (Å²) in [6, 6.07) is 7.47. The molecule has 1 fully saturated rings. The van der Waals surface area contributed by atoms with Crippen LogP contribution in [0, 0.1) is 0 Å². The van der Waals surface area contributed by atoms with Crippen LogP contribution in [0.5, 0.6) is 0 Å². The van der Waals surface area contributed by atoms with Crippen molar-refractivity contribution in [1.29, 1.82) is 0 Å². The van der Waals surface area contributed by atoms with E-state index in [0.717, 1.165) is 25.3 Å². The van der Waals surface area contributed by atoms with Crippen molar-refractivity contribution in [1.82, 2.24) is 9.97 Å². The van der Waals surface area contributed by atoms with E-state index in [-0.39, 0.29) is 12.0 Å². The first kappa shape index (κ1) is 14.8. The Balaban J connectivity index is 1.88. The van der Waals surface area contributed by atoms with Crippen molar-refractivity contribution >= 4 is 5.95 Å². The molecular weight excluding hydrogens is 291 g/mol. The maximum Gasteiger partial charge on any atom is 0.416 e. The summed E-state index contributed by atoms with van der Waals surface area (Å²) in [5.41, 5.74) is -0.177.